The number of likely N-dealkylation sites (tertiary alicyclic amines) is 1. The number of halogens is 1. The Bertz CT molecular complexity index is 1050. The zero-order chi connectivity index (χ0) is 22.5. The summed E-state index contributed by atoms with van der Waals surface area (Å²) in [7, 11) is 1.55. The van der Waals surface area contributed by atoms with Crippen molar-refractivity contribution in [1.82, 2.24) is 9.88 Å². The van der Waals surface area contributed by atoms with Crippen molar-refractivity contribution in [3.05, 3.63) is 35.6 Å². The number of carbonyl (C=O) groups is 1. The minimum absolute atomic E-state index is 0.0409. The second-order valence-electron chi connectivity index (χ2n) is 7.46. The van der Waals surface area contributed by atoms with Crippen molar-refractivity contribution in [1.29, 1.82) is 0 Å². The smallest absolute Gasteiger partial charge is 0.224 e. The van der Waals surface area contributed by atoms with E-state index in [0.29, 0.717) is 42.9 Å². The van der Waals surface area contributed by atoms with Crippen molar-refractivity contribution in [3.8, 4) is 29.3 Å². The van der Waals surface area contributed by atoms with Gasteiger partial charge in [-0.15, -0.1) is 0 Å². The zero-order valence-electron chi connectivity index (χ0n) is 17.7. The van der Waals surface area contributed by atoms with E-state index in [1.54, 1.807) is 18.2 Å². The quantitative estimate of drug-likeness (QED) is 0.546. The standard InChI is InChI=1S/C23H24ClN3O5/c1-30-21-12-17(14-25-23(21)24)27-8-11-32-20-3-2-18(13-19(20)27)31-10-6-16-4-7-26(15-16)22(29)5-9-28/h2-3,12-14,16,28H,4-5,7-9,11,15H2,1H3. The Kier molecular flexibility index (Phi) is 6.88. The van der Waals surface area contributed by atoms with E-state index in [2.05, 4.69) is 21.9 Å². The molecule has 1 aromatic heterocycles. The summed E-state index contributed by atoms with van der Waals surface area (Å²) in [6.45, 7) is 2.25. The summed E-state index contributed by atoms with van der Waals surface area (Å²) in [5, 5.41) is 9.23. The van der Waals surface area contributed by atoms with Gasteiger partial charge < -0.3 is 29.1 Å². The lowest BCUT2D eigenvalue weighted by atomic mass is 10.1. The van der Waals surface area contributed by atoms with Crippen LogP contribution in [0, 0.1) is 17.9 Å². The molecule has 1 unspecified atom stereocenters. The molecular weight excluding hydrogens is 434 g/mol. The first-order chi connectivity index (χ1) is 15.6. The predicted octanol–water partition coefficient (Wildman–Crippen LogP) is 2.84. The number of amides is 1. The average Bonchev–Trinajstić information content (AvgIpc) is 3.28. The van der Waals surface area contributed by atoms with Gasteiger partial charge in [-0.3, -0.25) is 4.79 Å². The van der Waals surface area contributed by atoms with Crippen LogP contribution in [0.3, 0.4) is 0 Å². The average molecular weight is 458 g/mol. The molecule has 32 heavy (non-hydrogen) atoms. The van der Waals surface area contributed by atoms with E-state index in [-0.39, 0.29) is 24.9 Å². The maximum absolute atomic E-state index is 11.9. The van der Waals surface area contributed by atoms with Crippen molar-refractivity contribution in [2.75, 3.05) is 44.9 Å². The molecule has 168 valence electrons. The van der Waals surface area contributed by atoms with E-state index in [1.165, 1.54) is 0 Å². The topological polar surface area (TPSA) is 84.4 Å². The lowest BCUT2D eigenvalue weighted by Crippen LogP contribution is -2.29. The number of fused-ring (bicyclic) bond motifs is 1. The van der Waals surface area contributed by atoms with Gasteiger partial charge in [0, 0.05) is 37.6 Å². The van der Waals surface area contributed by atoms with E-state index in [4.69, 9.17) is 30.9 Å². The number of carbonyl (C=O) groups excluding carboxylic acids is 1. The van der Waals surface area contributed by atoms with E-state index in [0.717, 1.165) is 23.5 Å². The number of aliphatic hydroxyl groups excluding tert-OH is 1. The molecule has 2 aliphatic heterocycles. The summed E-state index contributed by atoms with van der Waals surface area (Å²) in [4.78, 5) is 19.9. The highest BCUT2D eigenvalue weighted by Gasteiger charge is 2.25. The number of rotatable bonds is 5. The molecule has 0 bridgehead atoms. The second kappa shape index (κ2) is 9.98. The molecule has 1 fully saturated rings. The van der Waals surface area contributed by atoms with Crippen LogP contribution >= 0.6 is 11.6 Å². The molecule has 1 aromatic carbocycles. The molecule has 1 N–H and O–H groups in total. The predicted molar refractivity (Wildman–Crippen MR) is 120 cm³/mol. The number of methoxy groups -OCH3 is 1. The van der Waals surface area contributed by atoms with Gasteiger partial charge >= 0.3 is 0 Å². The first kappa shape index (κ1) is 22.1. The fraction of sp³-hybridized carbons (Fsp3) is 0.391. The molecule has 1 atom stereocenters. The first-order valence-corrected chi connectivity index (χ1v) is 10.8. The summed E-state index contributed by atoms with van der Waals surface area (Å²) in [5.41, 5.74) is 1.67. The van der Waals surface area contributed by atoms with Crippen molar-refractivity contribution >= 4 is 28.9 Å². The Balaban J connectivity index is 1.47. The van der Waals surface area contributed by atoms with Crippen LogP contribution in [0.15, 0.2) is 30.5 Å². The van der Waals surface area contributed by atoms with Gasteiger partial charge in [0.1, 0.15) is 24.2 Å². The number of nitrogens with zero attached hydrogens (tertiary/aromatic N) is 3. The Labute approximate surface area is 191 Å². The van der Waals surface area contributed by atoms with Crippen molar-refractivity contribution < 1.29 is 24.1 Å². The van der Waals surface area contributed by atoms with Crippen LogP contribution in [0.4, 0.5) is 11.4 Å². The Hall–Kier alpha value is -3.15. The number of benzene rings is 1. The minimum atomic E-state index is -0.132. The molecule has 3 heterocycles. The second-order valence-corrected chi connectivity index (χ2v) is 7.82. The largest absolute Gasteiger partial charge is 0.493 e. The van der Waals surface area contributed by atoms with E-state index >= 15 is 0 Å². The van der Waals surface area contributed by atoms with Crippen molar-refractivity contribution in [2.45, 2.75) is 12.8 Å². The molecule has 4 rings (SSSR count). The van der Waals surface area contributed by atoms with Gasteiger partial charge in [0.2, 0.25) is 5.91 Å². The highest BCUT2D eigenvalue weighted by atomic mass is 35.5. The normalized spacial score (nSPS) is 17.2. The molecule has 0 saturated carbocycles. The van der Waals surface area contributed by atoms with Gasteiger partial charge in [0.15, 0.2) is 10.9 Å². The monoisotopic (exact) mass is 457 g/mol. The summed E-state index contributed by atoms with van der Waals surface area (Å²) in [5.74, 6) is 4.93. The molecule has 8 nitrogen and oxygen atoms in total. The molecule has 1 saturated heterocycles. The summed E-state index contributed by atoms with van der Waals surface area (Å²) < 4.78 is 16.8. The Morgan fingerprint density at radius 1 is 1.38 bits per heavy atom. The molecule has 0 aliphatic carbocycles. The van der Waals surface area contributed by atoms with Crippen LogP contribution in [-0.4, -0.2) is 60.9 Å². The number of ether oxygens (including phenoxy) is 3. The SMILES string of the molecule is COc1cc(N2CCOc3ccc(OC#CC4CCN(C(=O)CCO)C4)cc32)cnc1Cl. The highest BCUT2D eigenvalue weighted by Crippen LogP contribution is 2.40. The van der Waals surface area contributed by atoms with Crippen LogP contribution in [0.25, 0.3) is 0 Å². The number of aliphatic hydroxyl groups is 1. The number of hydrogen-bond donors (Lipinski definition) is 1. The molecule has 1 amide bonds. The maximum atomic E-state index is 11.9. The van der Waals surface area contributed by atoms with Crippen LogP contribution in [0.2, 0.25) is 5.15 Å². The van der Waals surface area contributed by atoms with Gasteiger partial charge in [0.05, 0.1) is 37.8 Å². The van der Waals surface area contributed by atoms with Crippen molar-refractivity contribution in [3.63, 3.8) is 0 Å². The van der Waals surface area contributed by atoms with Crippen LogP contribution in [0.5, 0.6) is 17.2 Å². The van der Waals surface area contributed by atoms with E-state index in [1.807, 2.05) is 24.3 Å². The zero-order valence-corrected chi connectivity index (χ0v) is 18.5. The Morgan fingerprint density at radius 2 is 2.25 bits per heavy atom. The fourth-order valence-corrected chi connectivity index (χ4v) is 3.95. The number of pyridine rings is 1. The van der Waals surface area contributed by atoms with Gasteiger partial charge in [0.25, 0.3) is 0 Å². The first-order valence-electron chi connectivity index (χ1n) is 10.4. The Morgan fingerprint density at radius 3 is 3.06 bits per heavy atom. The van der Waals surface area contributed by atoms with Gasteiger partial charge in [-0.2, -0.15) is 0 Å². The molecule has 9 heteroatoms. The van der Waals surface area contributed by atoms with Gasteiger partial charge in [-0.05, 0) is 18.6 Å². The van der Waals surface area contributed by atoms with Crippen LogP contribution < -0.4 is 19.1 Å². The lowest BCUT2D eigenvalue weighted by Gasteiger charge is -2.31. The third-order valence-electron chi connectivity index (χ3n) is 5.42. The summed E-state index contributed by atoms with van der Waals surface area (Å²) in [6.07, 6.45) is 5.42. The van der Waals surface area contributed by atoms with E-state index in [9.17, 15) is 4.79 Å². The molecule has 2 aliphatic rings. The third-order valence-corrected chi connectivity index (χ3v) is 5.70. The van der Waals surface area contributed by atoms with Gasteiger partial charge in [-0.1, -0.05) is 17.5 Å². The van der Waals surface area contributed by atoms with Crippen LogP contribution in [0.1, 0.15) is 12.8 Å². The highest BCUT2D eigenvalue weighted by molar-refractivity contribution is 6.30. The third kappa shape index (κ3) is 4.85. The fourth-order valence-electron chi connectivity index (χ4n) is 3.77. The van der Waals surface area contributed by atoms with Crippen molar-refractivity contribution in [2.24, 2.45) is 5.92 Å². The molecule has 0 radical (unpaired) electrons. The van der Waals surface area contributed by atoms with Gasteiger partial charge in [-0.25, -0.2) is 4.98 Å². The molecule has 0 spiro atoms. The lowest BCUT2D eigenvalue weighted by molar-refractivity contribution is -0.130. The summed E-state index contributed by atoms with van der Waals surface area (Å²) in [6, 6.07) is 7.37. The minimum Gasteiger partial charge on any atom is -0.493 e. The van der Waals surface area contributed by atoms with Crippen LogP contribution in [-0.2, 0) is 4.79 Å². The molecule has 2 aromatic rings. The maximum Gasteiger partial charge on any atom is 0.224 e. The summed E-state index contributed by atoms with van der Waals surface area (Å²) >= 11 is 6.07. The number of hydrogen-bond acceptors (Lipinski definition) is 7. The number of anilines is 2. The number of aromatic nitrogens is 1. The molecular formula is C23H24ClN3O5. The van der Waals surface area contributed by atoms with E-state index < -0.39 is 0 Å².